The molecule has 0 fully saturated rings. The van der Waals surface area contributed by atoms with Crippen LogP contribution in [0.5, 0.6) is 0 Å². The molecule has 0 radical (unpaired) electrons. The molecule has 0 saturated heterocycles. The number of nitrogens with one attached hydrogen (secondary N) is 1. The minimum atomic E-state index is -0.264. The SMILES string of the molecule is CCn1ccnc1SC(C)C(=O)Nc1ccc(Cl)cn1. The summed E-state index contributed by atoms with van der Waals surface area (Å²) >= 11 is 7.17. The summed E-state index contributed by atoms with van der Waals surface area (Å²) in [5, 5.41) is 3.86. The summed E-state index contributed by atoms with van der Waals surface area (Å²) < 4.78 is 2.00. The van der Waals surface area contributed by atoms with Crippen molar-refractivity contribution in [3.8, 4) is 0 Å². The van der Waals surface area contributed by atoms with Crippen molar-refractivity contribution >= 4 is 35.1 Å². The van der Waals surface area contributed by atoms with Crippen LogP contribution in [0.3, 0.4) is 0 Å². The van der Waals surface area contributed by atoms with Gasteiger partial charge in [0.15, 0.2) is 5.16 Å². The molecule has 5 nitrogen and oxygen atoms in total. The van der Waals surface area contributed by atoms with Gasteiger partial charge in [-0.1, -0.05) is 23.4 Å². The topological polar surface area (TPSA) is 59.8 Å². The highest BCUT2D eigenvalue weighted by atomic mass is 35.5. The zero-order valence-electron chi connectivity index (χ0n) is 11.2. The van der Waals surface area contributed by atoms with E-state index in [0.717, 1.165) is 11.7 Å². The van der Waals surface area contributed by atoms with Crippen LogP contribution in [0.4, 0.5) is 5.82 Å². The highest BCUT2D eigenvalue weighted by Gasteiger charge is 2.17. The van der Waals surface area contributed by atoms with Crippen LogP contribution in [0.15, 0.2) is 35.9 Å². The first-order chi connectivity index (χ1) is 9.60. The number of hydrogen-bond acceptors (Lipinski definition) is 4. The number of aromatic nitrogens is 3. The van der Waals surface area contributed by atoms with Crippen molar-refractivity contribution in [1.82, 2.24) is 14.5 Å². The summed E-state index contributed by atoms with van der Waals surface area (Å²) in [5.74, 6) is 0.376. The first-order valence-electron chi connectivity index (χ1n) is 6.20. The number of aryl methyl sites for hydroxylation is 1. The van der Waals surface area contributed by atoms with E-state index < -0.39 is 0 Å². The van der Waals surface area contributed by atoms with Gasteiger partial charge in [0.25, 0.3) is 0 Å². The minimum absolute atomic E-state index is 0.115. The first kappa shape index (κ1) is 14.9. The van der Waals surface area contributed by atoms with Gasteiger partial charge in [0.1, 0.15) is 5.82 Å². The standard InChI is InChI=1S/C13H15ClN4OS/c1-3-18-7-6-15-13(18)20-9(2)12(19)17-11-5-4-10(14)8-16-11/h4-9H,3H2,1-2H3,(H,16,17,19). The van der Waals surface area contributed by atoms with Gasteiger partial charge >= 0.3 is 0 Å². The molecule has 1 N–H and O–H groups in total. The van der Waals surface area contributed by atoms with Crippen LogP contribution in [-0.2, 0) is 11.3 Å². The molecule has 0 aromatic carbocycles. The lowest BCUT2D eigenvalue weighted by molar-refractivity contribution is -0.115. The normalized spacial score (nSPS) is 12.2. The molecule has 2 aromatic rings. The predicted octanol–water partition coefficient (Wildman–Crippen LogP) is 3.07. The Kier molecular flexibility index (Phi) is 5.03. The Morgan fingerprint density at radius 1 is 1.50 bits per heavy atom. The van der Waals surface area contributed by atoms with Gasteiger partial charge in [-0.05, 0) is 26.0 Å². The number of pyridine rings is 1. The number of amides is 1. The number of halogens is 1. The number of carbonyl (C=O) groups excluding carboxylic acids is 1. The lowest BCUT2D eigenvalue weighted by Crippen LogP contribution is -2.23. The number of hydrogen-bond donors (Lipinski definition) is 1. The molecule has 7 heteroatoms. The first-order valence-corrected chi connectivity index (χ1v) is 7.46. The molecule has 0 saturated carbocycles. The summed E-state index contributed by atoms with van der Waals surface area (Å²) in [4.78, 5) is 20.4. The second-order valence-corrected chi connectivity index (χ2v) is 5.85. The third-order valence-electron chi connectivity index (χ3n) is 2.65. The van der Waals surface area contributed by atoms with Crippen molar-refractivity contribution < 1.29 is 4.79 Å². The van der Waals surface area contributed by atoms with Gasteiger partial charge in [0.2, 0.25) is 5.91 Å². The number of anilines is 1. The molecular formula is C13H15ClN4OS. The van der Waals surface area contributed by atoms with E-state index in [2.05, 4.69) is 15.3 Å². The Morgan fingerprint density at radius 2 is 2.30 bits per heavy atom. The molecule has 0 spiro atoms. The fraction of sp³-hybridized carbons (Fsp3) is 0.308. The monoisotopic (exact) mass is 310 g/mol. The van der Waals surface area contributed by atoms with Crippen LogP contribution in [0.1, 0.15) is 13.8 Å². The molecule has 1 atom stereocenters. The molecule has 2 aromatic heterocycles. The highest BCUT2D eigenvalue weighted by molar-refractivity contribution is 8.00. The number of thioether (sulfide) groups is 1. The zero-order valence-corrected chi connectivity index (χ0v) is 12.8. The van der Waals surface area contributed by atoms with Crippen molar-refractivity contribution in [2.24, 2.45) is 0 Å². The van der Waals surface area contributed by atoms with Crippen molar-refractivity contribution in [1.29, 1.82) is 0 Å². The van der Waals surface area contributed by atoms with Crippen molar-refractivity contribution in [3.63, 3.8) is 0 Å². The number of imidazole rings is 1. The summed E-state index contributed by atoms with van der Waals surface area (Å²) in [5.41, 5.74) is 0. The van der Waals surface area contributed by atoms with E-state index >= 15 is 0 Å². The molecule has 0 aliphatic heterocycles. The van der Waals surface area contributed by atoms with E-state index in [1.54, 1.807) is 18.3 Å². The minimum Gasteiger partial charge on any atom is -0.326 e. The van der Waals surface area contributed by atoms with Crippen LogP contribution >= 0.6 is 23.4 Å². The highest BCUT2D eigenvalue weighted by Crippen LogP contribution is 2.22. The average molecular weight is 311 g/mol. The molecular weight excluding hydrogens is 296 g/mol. The van der Waals surface area contributed by atoms with Crippen LogP contribution in [0.25, 0.3) is 0 Å². The maximum atomic E-state index is 12.1. The smallest absolute Gasteiger partial charge is 0.238 e. The Labute approximate surface area is 126 Å². The molecule has 2 rings (SSSR count). The van der Waals surface area contributed by atoms with Crippen LogP contribution < -0.4 is 5.32 Å². The summed E-state index contributed by atoms with van der Waals surface area (Å²) in [7, 11) is 0. The molecule has 0 aliphatic carbocycles. The fourth-order valence-electron chi connectivity index (χ4n) is 1.54. The largest absolute Gasteiger partial charge is 0.326 e. The Balaban J connectivity index is 1.97. The van der Waals surface area contributed by atoms with Gasteiger partial charge in [-0.2, -0.15) is 0 Å². The molecule has 0 bridgehead atoms. The summed E-state index contributed by atoms with van der Waals surface area (Å²) in [6.45, 7) is 4.70. The van der Waals surface area contributed by atoms with Crippen LogP contribution in [0.2, 0.25) is 5.02 Å². The summed E-state index contributed by atoms with van der Waals surface area (Å²) in [6.07, 6.45) is 5.13. The van der Waals surface area contributed by atoms with Crippen LogP contribution in [0, 0.1) is 0 Å². The maximum Gasteiger partial charge on any atom is 0.238 e. The Hall–Kier alpha value is -1.53. The third kappa shape index (κ3) is 3.74. The molecule has 2 heterocycles. The lowest BCUT2D eigenvalue weighted by atomic mass is 10.4. The molecule has 0 aliphatic rings. The van der Waals surface area contributed by atoms with Gasteiger partial charge in [0, 0.05) is 25.1 Å². The second kappa shape index (κ2) is 6.76. The van der Waals surface area contributed by atoms with E-state index in [9.17, 15) is 4.79 Å². The van der Waals surface area contributed by atoms with E-state index in [0.29, 0.717) is 10.8 Å². The van der Waals surface area contributed by atoms with E-state index in [-0.39, 0.29) is 11.2 Å². The third-order valence-corrected chi connectivity index (χ3v) is 3.99. The fourth-order valence-corrected chi connectivity index (χ4v) is 2.58. The van der Waals surface area contributed by atoms with Gasteiger partial charge in [-0.3, -0.25) is 4.79 Å². The van der Waals surface area contributed by atoms with E-state index in [1.165, 1.54) is 18.0 Å². The maximum absolute atomic E-state index is 12.1. The zero-order chi connectivity index (χ0) is 14.5. The number of rotatable bonds is 5. The van der Waals surface area contributed by atoms with Gasteiger partial charge in [0.05, 0.1) is 10.3 Å². The second-order valence-electron chi connectivity index (χ2n) is 4.11. The van der Waals surface area contributed by atoms with Crippen molar-refractivity contribution in [2.45, 2.75) is 30.8 Å². The Bertz CT molecular complexity index is 584. The van der Waals surface area contributed by atoms with Crippen molar-refractivity contribution in [3.05, 3.63) is 35.7 Å². The van der Waals surface area contributed by atoms with Gasteiger partial charge < -0.3 is 9.88 Å². The van der Waals surface area contributed by atoms with E-state index in [1.807, 2.05) is 24.6 Å². The molecule has 1 unspecified atom stereocenters. The molecule has 106 valence electrons. The predicted molar refractivity (Wildman–Crippen MR) is 81.1 cm³/mol. The molecule has 20 heavy (non-hydrogen) atoms. The average Bonchev–Trinajstić information content (AvgIpc) is 2.88. The summed E-state index contributed by atoms with van der Waals surface area (Å²) in [6, 6.07) is 3.36. The number of carbonyl (C=O) groups is 1. The Morgan fingerprint density at radius 3 is 2.95 bits per heavy atom. The van der Waals surface area contributed by atoms with Crippen LogP contribution in [-0.4, -0.2) is 25.7 Å². The molecule has 1 amide bonds. The quantitative estimate of drug-likeness (QED) is 0.862. The van der Waals surface area contributed by atoms with Crippen molar-refractivity contribution in [2.75, 3.05) is 5.32 Å². The van der Waals surface area contributed by atoms with Gasteiger partial charge in [-0.15, -0.1) is 0 Å². The van der Waals surface area contributed by atoms with Gasteiger partial charge in [-0.25, -0.2) is 9.97 Å². The number of nitrogens with zero attached hydrogens (tertiary/aromatic N) is 3. The lowest BCUT2D eigenvalue weighted by Gasteiger charge is -2.11. The van der Waals surface area contributed by atoms with E-state index in [4.69, 9.17) is 11.6 Å².